The Morgan fingerprint density at radius 1 is 1.05 bits per heavy atom. The van der Waals surface area contributed by atoms with E-state index in [1.165, 1.54) is 49.9 Å². The van der Waals surface area contributed by atoms with Crippen LogP contribution < -0.4 is 9.47 Å². The average molecular weight is 275 g/mol. The van der Waals surface area contributed by atoms with Crippen LogP contribution in [0.3, 0.4) is 0 Å². The van der Waals surface area contributed by atoms with Gasteiger partial charge in [-0.1, -0.05) is 12.8 Å². The Kier molecular flexibility index (Phi) is 4.16. The molecule has 0 radical (unpaired) electrons. The maximum Gasteiger partial charge on any atom is 0.161 e. The molecule has 110 valence electrons. The summed E-state index contributed by atoms with van der Waals surface area (Å²) in [4.78, 5) is 2.62. The smallest absolute Gasteiger partial charge is 0.161 e. The van der Waals surface area contributed by atoms with Crippen molar-refractivity contribution in [3.8, 4) is 11.5 Å². The molecule has 2 aliphatic rings. The maximum absolute atomic E-state index is 5.43. The van der Waals surface area contributed by atoms with Crippen molar-refractivity contribution in [2.45, 2.75) is 38.6 Å². The summed E-state index contributed by atoms with van der Waals surface area (Å²) in [6.45, 7) is 3.51. The predicted molar refractivity (Wildman–Crippen MR) is 80.5 cm³/mol. The number of methoxy groups -OCH3 is 2. The highest BCUT2D eigenvalue weighted by molar-refractivity contribution is 5.48. The molecule has 1 aliphatic carbocycles. The number of nitrogens with zero attached hydrogens (tertiary/aromatic N) is 1. The topological polar surface area (TPSA) is 21.7 Å². The maximum atomic E-state index is 5.43. The molecule has 3 heteroatoms. The molecule has 0 N–H and O–H groups in total. The third kappa shape index (κ3) is 2.78. The second kappa shape index (κ2) is 6.04. The van der Waals surface area contributed by atoms with Crippen LogP contribution in [-0.2, 0) is 13.0 Å². The van der Waals surface area contributed by atoms with E-state index in [1.807, 2.05) is 0 Å². The van der Waals surface area contributed by atoms with Crippen molar-refractivity contribution in [3.05, 3.63) is 23.3 Å². The van der Waals surface area contributed by atoms with Gasteiger partial charge in [-0.05, 0) is 48.4 Å². The summed E-state index contributed by atoms with van der Waals surface area (Å²) in [6.07, 6.45) is 6.84. The van der Waals surface area contributed by atoms with E-state index in [9.17, 15) is 0 Å². The van der Waals surface area contributed by atoms with Gasteiger partial charge in [0, 0.05) is 19.6 Å². The van der Waals surface area contributed by atoms with Gasteiger partial charge in [0.25, 0.3) is 0 Å². The molecule has 0 bridgehead atoms. The minimum absolute atomic E-state index is 0.856. The zero-order valence-electron chi connectivity index (χ0n) is 12.7. The minimum atomic E-state index is 0.856. The Balaban J connectivity index is 1.73. The Bertz CT molecular complexity index is 466. The van der Waals surface area contributed by atoms with Crippen molar-refractivity contribution in [1.29, 1.82) is 0 Å². The molecule has 0 amide bonds. The lowest BCUT2D eigenvalue weighted by Gasteiger charge is -2.31. The first kappa shape index (κ1) is 13.7. The first-order chi connectivity index (χ1) is 9.80. The zero-order chi connectivity index (χ0) is 13.9. The summed E-state index contributed by atoms with van der Waals surface area (Å²) in [5, 5.41) is 0. The van der Waals surface area contributed by atoms with Crippen molar-refractivity contribution in [1.82, 2.24) is 4.90 Å². The van der Waals surface area contributed by atoms with Crippen LogP contribution in [0.4, 0.5) is 0 Å². The van der Waals surface area contributed by atoms with Gasteiger partial charge in [-0.15, -0.1) is 0 Å². The Morgan fingerprint density at radius 3 is 2.35 bits per heavy atom. The second-order valence-corrected chi connectivity index (χ2v) is 6.11. The number of rotatable bonds is 4. The number of benzene rings is 1. The van der Waals surface area contributed by atoms with Crippen LogP contribution in [-0.4, -0.2) is 32.2 Å². The van der Waals surface area contributed by atoms with E-state index >= 15 is 0 Å². The van der Waals surface area contributed by atoms with Crippen molar-refractivity contribution in [3.63, 3.8) is 0 Å². The van der Waals surface area contributed by atoms with Gasteiger partial charge >= 0.3 is 0 Å². The molecule has 1 aromatic rings. The van der Waals surface area contributed by atoms with E-state index in [0.29, 0.717) is 0 Å². The van der Waals surface area contributed by atoms with Crippen molar-refractivity contribution in [2.75, 3.05) is 27.3 Å². The van der Waals surface area contributed by atoms with Crippen LogP contribution in [0.15, 0.2) is 12.1 Å². The molecule has 1 aromatic carbocycles. The molecule has 0 unspecified atom stereocenters. The molecule has 1 aliphatic heterocycles. The van der Waals surface area contributed by atoms with E-state index in [2.05, 4.69) is 17.0 Å². The number of ether oxygens (including phenoxy) is 2. The molecule has 1 saturated carbocycles. The van der Waals surface area contributed by atoms with Crippen LogP contribution in [0, 0.1) is 5.92 Å². The van der Waals surface area contributed by atoms with E-state index in [0.717, 1.165) is 30.4 Å². The summed E-state index contributed by atoms with van der Waals surface area (Å²) in [7, 11) is 3.42. The first-order valence-corrected chi connectivity index (χ1v) is 7.76. The van der Waals surface area contributed by atoms with Gasteiger partial charge in [-0.3, -0.25) is 4.90 Å². The van der Waals surface area contributed by atoms with Crippen LogP contribution in [0.25, 0.3) is 0 Å². The normalized spacial score (nSPS) is 19.9. The summed E-state index contributed by atoms with van der Waals surface area (Å²) < 4.78 is 10.8. The van der Waals surface area contributed by atoms with E-state index in [1.54, 1.807) is 14.2 Å². The molecule has 20 heavy (non-hydrogen) atoms. The fourth-order valence-electron chi connectivity index (χ4n) is 3.66. The van der Waals surface area contributed by atoms with E-state index < -0.39 is 0 Å². The zero-order valence-corrected chi connectivity index (χ0v) is 12.7. The minimum Gasteiger partial charge on any atom is -0.493 e. The van der Waals surface area contributed by atoms with Gasteiger partial charge in [0.2, 0.25) is 0 Å². The first-order valence-electron chi connectivity index (χ1n) is 7.76. The molecule has 1 fully saturated rings. The summed E-state index contributed by atoms with van der Waals surface area (Å²) in [6, 6.07) is 4.32. The van der Waals surface area contributed by atoms with Crippen LogP contribution >= 0.6 is 0 Å². The largest absolute Gasteiger partial charge is 0.493 e. The highest BCUT2D eigenvalue weighted by atomic mass is 16.5. The van der Waals surface area contributed by atoms with Gasteiger partial charge in [0.05, 0.1) is 14.2 Å². The summed E-state index contributed by atoms with van der Waals surface area (Å²) in [5.74, 6) is 2.64. The standard InChI is InChI=1S/C17H25NO2/c1-19-16-9-14-7-8-18(11-13-5-3-4-6-13)12-15(14)10-17(16)20-2/h9-10,13H,3-8,11-12H2,1-2H3. The van der Waals surface area contributed by atoms with Gasteiger partial charge in [-0.25, -0.2) is 0 Å². The Hall–Kier alpha value is -1.22. The van der Waals surface area contributed by atoms with Crippen molar-refractivity contribution >= 4 is 0 Å². The monoisotopic (exact) mass is 275 g/mol. The lowest BCUT2D eigenvalue weighted by molar-refractivity contribution is 0.214. The molecule has 0 atom stereocenters. The molecule has 1 heterocycles. The van der Waals surface area contributed by atoms with Crippen LogP contribution in [0.1, 0.15) is 36.8 Å². The lowest BCUT2D eigenvalue weighted by atomic mass is 9.97. The molecular weight excluding hydrogens is 250 g/mol. The average Bonchev–Trinajstić information content (AvgIpc) is 2.98. The third-order valence-corrected chi connectivity index (χ3v) is 4.79. The van der Waals surface area contributed by atoms with Gasteiger partial charge in [0.15, 0.2) is 11.5 Å². The summed E-state index contributed by atoms with van der Waals surface area (Å²) >= 11 is 0. The quantitative estimate of drug-likeness (QED) is 0.842. The molecule has 0 aromatic heterocycles. The predicted octanol–water partition coefficient (Wildman–Crippen LogP) is 3.25. The summed E-state index contributed by atoms with van der Waals surface area (Å²) in [5.41, 5.74) is 2.83. The molecule has 3 nitrogen and oxygen atoms in total. The third-order valence-electron chi connectivity index (χ3n) is 4.79. The fraction of sp³-hybridized carbons (Fsp3) is 0.647. The molecule has 0 spiro atoms. The Morgan fingerprint density at radius 2 is 1.70 bits per heavy atom. The molecule has 3 rings (SSSR count). The fourth-order valence-corrected chi connectivity index (χ4v) is 3.66. The van der Waals surface area contributed by atoms with Gasteiger partial charge in [0.1, 0.15) is 0 Å². The highest BCUT2D eigenvalue weighted by Crippen LogP contribution is 2.34. The number of hydrogen-bond donors (Lipinski definition) is 0. The second-order valence-electron chi connectivity index (χ2n) is 6.11. The van der Waals surface area contributed by atoms with Gasteiger partial charge in [-0.2, -0.15) is 0 Å². The van der Waals surface area contributed by atoms with Crippen molar-refractivity contribution < 1.29 is 9.47 Å². The van der Waals surface area contributed by atoms with Crippen LogP contribution in [0.2, 0.25) is 0 Å². The lowest BCUT2D eigenvalue weighted by Crippen LogP contribution is -2.34. The van der Waals surface area contributed by atoms with E-state index in [-0.39, 0.29) is 0 Å². The van der Waals surface area contributed by atoms with Crippen molar-refractivity contribution in [2.24, 2.45) is 5.92 Å². The van der Waals surface area contributed by atoms with Gasteiger partial charge < -0.3 is 9.47 Å². The SMILES string of the molecule is COc1cc2c(cc1OC)CN(CC1CCCC1)CC2. The molecular formula is C17H25NO2. The number of fused-ring (bicyclic) bond motifs is 1. The molecule has 0 saturated heterocycles. The van der Waals surface area contributed by atoms with Crippen LogP contribution in [0.5, 0.6) is 11.5 Å². The number of hydrogen-bond acceptors (Lipinski definition) is 3. The Labute approximate surface area is 121 Å². The highest BCUT2D eigenvalue weighted by Gasteiger charge is 2.23. The van der Waals surface area contributed by atoms with E-state index in [4.69, 9.17) is 9.47 Å².